The van der Waals surface area contributed by atoms with Crippen molar-refractivity contribution in [3.63, 3.8) is 0 Å². The van der Waals surface area contributed by atoms with Gasteiger partial charge in [-0.25, -0.2) is 0 Å². The van der Waals surface area contributed by atoms with Crippen LogP contribution in [0.25, 0.3) is 21.8 Å². The van der Waals surface area contributed by atoms with Gasteiger partial charge in [0.1, 0.15) is 6.29 Å². The van der Waals surface area contributed by atoms with Crippen molar-refractivity contribution in [1.29, 1.82) is 0 Å². The fourth-order valence-electron chi connectivity index (χ4n) is 2.50. The Bertz CT molecular complexity index is 799. The molecule has 0 unspecified atom stereocenters. The van der Waals surface area contributed by atoms with Gasteiger partial charge in [-0.2, -0.15) is 0 Å². The first-order chi connectivity index (χ1) is 9.20. The van der Waals surface area contributed by atoms with E-state index in [1.165, 1.54) is 0 Å². The molecule has 0 aliphatic rings. The van der Waals surface area contributed by atoms with E-state index in [2.05, 4.69) is 4.98 Å². The van der Waals surface area contributed by atoms with Crippen molar-refractivity contribution in [2.24, 2.45) is 0 Å². The normalized spacial score (nSPS) is 11.0. The molecule has 0 spiro atoms. The lowest BCUT2D eigenvalue weighted by atomic mass is 10.0. The molecule has 3 heteroatoms. The standard InChI is InChI=1S/C16H13NO2/c1-10(19)13-8-11(6-7-18)9-14-12-4-2-3-5-15(12)17-16(13)14/h2-5,7-9,17H,6H2,1H3. The van der Waals surface area contributed by atoms with Gasteiger partial charge in [-0.05, 0) is 30.7 Å². The zero-order chi connectivity index (χ0) is 13.4. The van der Waals surface area contributed by atoms with E-state index in [4.69, 9.17) is 0 Å². The zero-order valence-electron chi connectivity index (χ0n) is 10.6. The first-order valence-electron chi connectivity index (χ1n) is 6.18. The number of fused-ring (bicyclic) bond motifs is 3. The Hall–Kier alpha value is -2.42. The average molecular weight is 251 g/mol. The minimum absolute atomic E-state index is 0.00399. The topological polar surface area (TPSA) is 49.9 Å². The zero-order valence-corrected chi connectivity index (χ0v) is 10.6. The van der Waals surface area contributed by atoms with E-state index in [0.29, 0.717) is 12.0 Å². The molecule has 0 aliphatic carbocycles. The number of nitrogens with one attached hydrogen (secondary N) is 1. The average Bonchev–Trinajstić information content (AvgIpc) is 2.77. The molecule has 19 heavy (non-hydrogen) atoms. The number of hydrogen-bond acceptors (Lipinski definition) is 2. The van der Waals surface area contributed by atoms with Crippen molar-refractivity contribution in [3.05, 3.63) is 47.5 Å². The number of carbonyl (C=O) groups excluding carboxylic acids is 2. The van der Waals surface area contributed by atoms with E-state index in [-0.39, 0.29) is 5.78 Å². The molecule has 94 valence electrons. The van der Waals surface area contributed by atoms with Crippen LogP contribution < -0.4 is 0 Å². The van der Waals surface area contributed by atoms with Crippen LogP contribution in [-0.2, 0) is 11.2 Å². The molecule has 3 nitrogen and oxygen atoms in total. The molecule has 0 radical (unpaired) electrons. The van der Waals surface area contributed by atoms with Crippen LogP contribution in [0, 0.1) is 0 Å². The quantitative estimate of drug-likeness (QED) is 0.573. The fourth-order valence-corrected chi connectivity index (χ4v) is 2.50. The second-order valence-corrected chi connectivity index (χ2v) is 4.66. The molecule has 3 rings (SSSR count). The molecule has 0 amide bonds. The minimum Gasteiger partial charge on any atom is -0.354 e. The van der Waals surface area contributed by atoms with Crippen LogP contribution in [0.2, 0.25) is 0 Å². The summed E-state index contributed by atoms with van der Waals surface area (Å²) in [6.07, 6.45) is 1.19. The molecule has 0 aliphatic heterocycles. The summed E-state index contributed by atoms with van der Waals surface area (Å²) in [5.41, 5.74) is 3.37. The Kier molecular flexibility index (Phi) is 2.67. The number of carbonyl (C=O) groups is 2. The van der Waals surface area contributed by atoms with Gasteiger partial charge in [-0.3, -0.25) is 4.79 Å². The smallest absolute Gasteiger partial charge is 0.161 e. The van der Waals surface area contributed by atoms with Crippen molar-refractivity contribution < 1.29 is 9.59 Å². The number of Topliss-reactive ketones (excluding diaryl/α,β-unsaturated/α-hetero) is 1. The number of aldehydes is 1. The van der Waals surface area contributed by atoms with Crippen LogP contribution >= 0.6 is 0 Å². The Morgan fingerprint density at radius 3 is 2.74 bits per heavy atom. The summed E-state index contributed by atoms with van der Waals surface area (Å²) in [6.45, 7) is 1.55. The monoisotopic (exact) mass is 251 g/mol. The van der Waals surface area contributed by atoms with Crippen molar-refractivity contribution in [3.8, 4) is 0 Å². The highest BCUT2D eigenvalue weighted by Gasteiger charge is 2.12. The van der Waals surface area contributed by atoms with Gasteiger partial charge >= 0.3 is 0 Å². The lowest BCUT2D eigenvalue weighted by Crippen LogP contribution is -1.97. The summed E-state index contributed by atoms with van der Waals surface area (Å²) in [5, 5.41) is 2.08. The minimum atomic E-state index is 0.00399. The number of benzene rings is 2. The molecule has 1 aromatic heterocycles. The highest BCUT2D eigenvalue weighted by Crippen LogP contribution is 2.29. The molecule has 0 fully saturated rings. The SMILES string of the molecule is CC(=O)c1cc(CC=O)cc2c1[nH]c1ccccc12. The highest BCUT2D eigenvalue weighted by molar-refractivity contribution is 6.15. The van der Waals surface area contributed by atoms with Crippen LogP contribution in [0.15, 0.2) is 36.4 Å². The van der Waals surface area contributed by atoms with E-state index >= 15 is 0 Å². The third-order valence-electron chi connectivity index (χ3n) is 3.37. The maximum absolute atomic E-state index is 11.8. The van der Waals surface area contributed by atoms with Crippen LogP contribution in [0.3, 0.4) is 0 Å². The lowest BCUT2D eigenvalue weighted by molar-refractivity contribution is -0.107. The summed E-state index contributed by atoms with van der Waals surface area (Å²) < 4.78 is 0. The second-order valence-electron chi connectivity index (χ2n) is 4.66. The molecule has 3 aromatic rings. The third kappa shape index (κ3) is 1.83. The number of aromatic nitrogens is 1. The Morgan fingerprint density at radius 1 is 1.21 bits per heavy atom. The van der Waals surface area contributed by atoms with Gasteiger partial charge in [0.25, 0.3) is 0 Å². The largest absolute Gasteiger partial charge is 0.354 e. The first kappa shape index (κ1) is 11.7. The predicted molar refractivity (Wildman–Crippen MR) is 75.6 cm³/mol. The van der Waals surface area contributed by atoms with Crippen LogP contribution in [0.5, 0.6) is 0 Å². The Labute approximate surface area is 110 Å². The first-order valence-corrected chi connectivity index (χ1v) is 6.18. The number of H-pyrrole nitrogens is 1. The van der Waals surface area contributed by atoms with Crippen LogP contribution in [0.4, 0.5) is 0 Å². The number of ketones is 1. The summed E-state index contributed by atoms with van der Waals surface area (Å²) >= 11 is 0. The number of aromatic amines is 1. The van der Waals surface area contributed by atoms with Gasteiger partial charge in [-0.1, -0.05) is 18.2 Å². The van der Waals surface area contributed by atoms with Crippen molar-refractivity contribution in [1.82, 2.24) is 4.98 Å². The number of para-hydroxylation sites is 1. The maximum atomic E-state index is 11.8. The lowest BCUT2D eigenvalue weighted by Gasteiger charge is -2.03. The summed E-state index contributed by atoms with van der Waals surface area (Å²) in [4.78, 5) is 25.8. The summed E-state index contributed by atoms with van der Waals surface area (Å²) in [6, 6.07) is 11.7. The van der Waals surface area contributed by atoms with Crippen LogP contribution in [-0.4, -0.2) is 17.1 Å². The van der Waals surface area contributed by atoms with Crippen molar-refractivity contribution >= 4 is 33.9 Å². The van der Waals surface area contributed by atoms with E-state index in [0.717, 1.165) is 33.7 Å². The summed E-state index contributed by atoms with van der Waals surface area (Å²) in [5.74, 6) is 0.00399. The van der Waals surface area contributed by atoms with Gasteiger partial charge < -0.3 is 9.78 Å². The Balaban J connectivity index is 2.44. The number of rotatable bonds is 3. The van der Waals surface area contributed by atoms with Gasteiger partial charge in [0.2, 0.25) is 0 Å². The molecule has 1 N–H and O–H groups in total. The number of hydrogen-bond donors (Lipinski definition) is 1. The molecule has 0 saturated heterocycles. The Morgan fingerprint density at radius 2 is 2.00 bits per heavy atom. The van der Waals surface area contributed by atoms with Gasteiger partial charge in [0.05, 0.1) is 5.52 Å². The van der Waals surface area contributed by atoms with E-state index in [1.54, 1.807) is 13.0 Å². The molecule has 2 aromatic carbocycles. The van der Waals surface area contributed by atoms with E-state index in [9.17, 15) is 9.59 Å². The van der Waals surface area contributed by atoms with Gasteiger partial charge in [0, 0.05) is 28.3 Å². The molecule has 0 saturated carbocycles. The molecular formula is C16H13NO2. The van der Waals surface area contributed by atoms with Crippen molar-refractivity contribution in [2.45, 2.75) is 13.3 Å². The molecule has 0 atom stereocenters. The fraction of sp³-hybridized carbons (Fsp3) is 0.125. The molecule has 1 heterocycles. The highest BCUT2D eigenvalue weighted by atomic mass is 16.1. The van der Waals surface area contributed by atoms with Gasteiger partial charge in [0.15, 0.2) is 5.78 Å². The summed E-state index contributed by atoms with van der Waals surface area (Å²) in [7, 11) is 0. The van der Waals surface area contributed by atoms with E-state index in [1.807, 2.05) is 30.3 Å². The van der Waals surface area contributed by atoms with Crippen molar-refractivity contribution in [2.75, 3.05) is 0 Å². The van der Waals surface area contributed by atoms with E-state index < -0.39 is 0 Å². The predicted octanol–water partition coefficient (Wildman–Crippen LogP) is 3.27. The van der Waals surface area contributed by atoms with Crippen LogP contribution in [0.1, 0.15) is 22.8 Å². The maximum Gasteiger partial charge on any atom is 0.161 e. The third-order valence-corrected chi connectivity index (χ3v) is 3.37. The van der Waals surface area contributed by atoms with Gasteiger partial charge in [-0.15, -0.1) is 0 Å². The molecular weight excluding hydrogens is 238 g/mol. The second kappa shape index (κ2) is 4.35. The molecule has 0 bridgehead atoms.